The predicted molar refractivity (Wildman–Crippen MR) is 67.3 cm³/mol. The Morgan fingerprint density at radius 2 is 2.12 bits per heavy atom. The molecule has 1 aromatic rings. The van der Waals surface area contributed by atoms with E-state index in [1.807, 2.05) is 12.1 Å². The molecule has 4 heteroatoms. The highest BCUT2D eigenvalue weighted by molar-refractivity contribution is 5.93. The van der Waals surface area contributed by atoms with Crippen LogP contribution in [0.1, 0.15) is 37.8 Å². The number of ether oxygens (including phenoxy) is 1. The van der Waals surface area contributed by atoms with Crippen molar-refractivity contribution in [3.8, 4) is 5.88 Å². The molecule has 0 aliphatic heterocycles. The van der Waals surface area contributed by atoms with Gasteiger partial charge in [0, 0.05) is 6.07 Å². The summed E-state index contributed by atoms with van der Waals surface area (Å²) in [4.78, 5) is 4.18. The molecule has 92 valence electrons. The molecule has 0 bridgehead atoms. The van der Waals surface area contributed by atoms with Crippen LogP contribution in [0.2, 0.25) is 0 Å². The van der Waals surface area contributed by atoms with Gasteiger partial charge < -0.3 is 10.5 Å². The Hall–Kier alpha value is -1.58. The molecule has 0 spiro atoms. The lowest BCUT2D eigenvalue weighted by Crippen LogP contribution is -2.17. The van der Waals surface area contributed by atoms with E-state index in [2.05, 4.69) is 4.98 Å². The average Bonchev–Trinajstić information content (AvgIpc) is 2.38. The summed E-state index contributed by atoms with van der Waals surface area (Å²) < 4.78 is 5.67. The molecule has 1 heterocycles. The largest absolute Gasteiger partial charge is 0.477 e. The fourth-order valence-corrected chi connectivity index (χ4v) is 2.20. The van der Waals surface area contributed by atoms with Gasteiger partial charge in [-0.25, -0.2) is 4.98 Å². The molecule has 2 rings (SSSR count). The Kier molecular flexibility index (Phi) is 3.96. The molecular formula is C13H19N3O. The lowest BCUT2D eigenvalue weighted by atomic mass is 9.90. The van der Waals surface area contributed by atoms with Crippen molar-refractivity contribution in [2.24, 2.45) is 11.7 Å². The number of nitrogens with one attached hydrogen (secondary N) is 1. The summed E-state index contributed by atoms with van der Waals surface area (Å²) in [5.74, 6) is 1.21. The molecule has 1 saturated carbocycles. The number of rotatable bonds is 4. The molecule has 1 fully saturated rings. The second-order valence-corrected chi connectivity index (χ2v) is 4.59. The molecule has 3 N–H and O–H groups in total. The zero-order valence-corrected chi connectivity index (χ0v) is 9.98. The van der Waals surface area contributed by atoms with Gasteiger partial charge in [0.1, 0.15) is 11.5 Å². The minimum absolute atomic E-state index is 0.0203. The van der Waals surface area contributed by atoms with E-state index in [1.165, 1.54) is 32.1 Å². The van der Waals surface area contributed by atoms with Crippen LogP contribution in [-0.2, 0) is 0 Å². The van der Waals surface area contributed by atoms with Crippen LogP contribution in [0.3, 0.4) is 0 Å². The molecule has 1 aromatic heterocycles. The van der Waals surface area contributed by atoms with Crippen molar-refractivity contribution in [3.63, 3.8) is 0 Å². The normalized spacial score (nSPS) is 16.7. The van der Waals surface area contributed by atoms with Gasteiger partial charge in [-0.3, -0.25) is 5.41 Å². The maximum Gasteiger partial charge on any atom is 0.213 e. The fourth-order valence-electron chi connectivity index (χ4n) is 2.20. The molecular weight excluding hydrogens is 214 g/mol. The first-order valence-electron chi connectivity index (χ1n) is 6.20. The first-order chi connectivity index (χ1) is 8.25. The highest BCUT2D eigenvalue weighted by Gasteiger charge is 2.14. The quantitative estimate of drug-likeness (QED) is 0.619. The summed E-state index contributed by atoms with van der Waals surface area (Å²) >= 11 is 0. The van der Waals surface area contributed by atoms with E-state index >= 15 is 0 Å². The third kappa shape index (κ3) is 3.44. The smallest absolute Gasteiger partial charge is 0.213 e. The van der Waals surface area contributed by atoms with Crippen LogP contribution in [0.25, 0.3) is 0 Å². The lowest BCUT2D eigenvalue weighted by Gasteiger charge is -2.21. The van der Waals surface area contributed by atoms with E-state index in [9.17, 15) is 0 Å². The van der Waals surface area contributed by atoms with Crippen molar-refractivity contribution in [2.45, 2.75) is 32.1 Å². The maximum absolute atomic E-state index is 7.32. The molecule has 0 amide bonds. The lowest BCUT2D eigenvalue weighted by molar-refractivity contribution is 0.203. The van der Waals surface area contributed by atoms with E-state index in [4.69, 9.17) is 15.9 Å². The van der Waals surface area contributed by atoms with Gasteiger partial charge in [-0.05, 0) is 24.8 Å². The van der Waals surface area contributed by atoms with Crippen LogP contribution in [0.5, 0.6) is 5.88 Å². The van der Waals surface area contributed by atoms with Crippen LogP contribution in [0.4, 0.5) is 0 Å². The van der Waals surface area contributed by atoms with Crippen LogP contribution in [-0.4, -0.2) is 17.4 Å². The third-order valence-corrected chi connectivity index (χ3v) is 3.19. The number of nitrogens with zero attached hydrogens (tertiary/aromatic N) is 1. The van der Waals surface area contributed by atoms with E-state index in [-0.39, 0.29) is 5.84 Å². The number of nitrogen functional groups attached to an aromatic ring is 1. The summed E-state index contributed by atoms with van der Waals surface area (Å²) in [5.41, 5.74) is 5.86. The van der Waals surface area contributed by atoms with Gasteiger partial charge >= 0.3 is 0 Å². The standard InChI is InChI=1S/C13H19N3O/c14-13(15)11-7-4-8-12(16-11)17-9-10-5-2-1-3-6-10/h4,7-8,10H,1-3,5-6,9H2,(H3,14,15). The summed E-state index contributed by atoms with van der Waals surface area (Å²) in [5, 5.41) is 7.32. The minimum Gasteiger partial charge on any atom is -0.477 e. The van der Waals surface area contributed by atoms with Crippen molar-refractivity contribution < 1.29 is 4.74 Å². The number of hydrogen-bond acceptors (Lipinski definition) is 3. The molecule has 1 aliphatic carbocycles. The Morgan fingerprint density at radius 3 is 2.82 bits per heavy atom. The van der Waals surface area contributed by atoms with Crippen LogP contribution >= 0.6 is 0 Å². The van der Waals surface area contributed by atoms with Gasteiger partial charge in [0.15, 0.2) is 0 Å². The Balaban J connectivity index is 1.89. The van der Waals surface area contributed by atoms with Gasteiger partial charge in [0.05, 0.1) is 6.61 Å². The molecule has 0 unspecified atom stereocenters. The monoisotopic (exact) mass is 233 g/mol. The molecule has 0 saturated heterocycles. The van der Waals surface area contributed by atoms with Gasteiger partial charge in [0.25, 0.3) is 0 Å². The number of nitrogens with two attached hydrogens (primary N) is 1. The van der Waals surface area contributed by atoms with E-state index in [0.717, 1.165) is 6.61 Å². The van der Waals surface area contributed by atoms with Gasteiger partial charge in [-0.1, -0.05) is 25.3 Å². The SMILES string of the molecule is N=C(N)c1cccc(OCC2CCCCC2)n1. The molecule has 4 nitrogen and oxygen atoms in total. The zero-order chi connectivity index (χ0) is 12.1. The molecule has 0 atom stereocenters. The van der Waals surface area contributed by atoms with Crippen molar-refractivity contribution in [1.82, 2.24) is 4.98 Å². The van der Waals surface area contributed by atoms with Crippen LogP contribution in [0, 0.1) is 11.3 Å². The summed E-state index contributed by atoms with van der Waals surface area (Å²) in [6, 6.07) is 5.35. The topological polar surface area (TPSA) is 72.0 Å². The van der Waals surface area contributed by atoms with Gasteiger partial charge in [-0.2, -0.15) is 0 Å². The number of pyridine rings is 1. The van der Waals surface area contributed by atoms with Gasteiger partial charge in [-0.15, -0.1) is 0 Å². The third-order valence-electron chi connectivity index (χ3n) is 3.19. The second-order valence-electron chi connectivity index (χ2n) is 4.59. The van der Waals surface area contributed by atoms with E-state index < -0.39 is 0 Å². The molecule has 0 radical (unpaired) electrons. The van der Waals surface area contributed by atoms with Crippen LogP contribution in [0.15, 0.2) is 18.2 Å². The summed E-state index contributed by atoms with van der Waals surface area (Å²) in [7, 11) is 0. The van der Waals surface area contributed by atoms with Crippen molar-refractivity contribution in [2.75, 3.05) is 6.61 Å². The number of amidine groups is 1. The van der Waals surface area contributed by atoms with Crippen molar-refractivity contribution >= 4 is 5.84 Å². The van der Waals surface area contributed by atoms with E-state index in [0.29, 0.717) is 17.5 Å². The first-order valence-corrected chi connectivity index (χ1v) is 6.20. The maximum atomic E-state index is 7.32. The molecule has 17 heavy (non-hydrogen) atoms. The number of hydrogen-bond donors (Lipinski definition) is 2. The van der Waals surface area contributed by atoms with Crippen molar-refractivity contribution in [3.05, 3.63) is 23.9 Å². The summed E-state index contributed by atoms with van der Waals surface area (Å²) in [6.07, 6.45) is 6.50. The Labute approximate surface area is 102 Å². The number of aromatic nitrogens is 1. The minimum atomic E-state index is -0.0203. The van der Waals surface area contributed by atoms with Crippen LogP contribution < -0.4 is 10.5 Å². The highest BCUT2D eigenvalue weighted by Crippen LogP contribution is 2.24. The summed E-state index contributed by atoms with van der Waals surface area (Å²) in [6.45, 7) is 0.731. The average molecular weight is 233 g/mol. The Bertz CT molecular complexity index is 386. The molecule has 1 aliphatic rings. The predicted octanol–water partition coefficient (Wildman–Crippen LogP) is 2.32. The molecule has 0 aromatic carbocycles. The first kappa shape index (κ1) is 11.9. The fraction of sp³-hybridized carbons (Fsp3) is 0.538. The Morgan fingerprint density at radius 1 is 1.35 bits per heavy atom. The second kappa shape index (κ2) is 5.66. The van der Waals surface area contributed by atoms with Gasteiger partial charge in [0.2, 0.25) is 5.88 Å². The van der Waals surface area contributed by atoms with E-state index in [1.54, 1.807) is 6.07 Å². The zero-order valence-electron chi connectivity index (χ0n) is 9.98. The highest BCUT2D eigenvalue weighted by atomic mass is 16.5. The van der Waals surface area contributed by atoms with Crippen molar-refractivity contribution in [1.29, 1.82) is 5.41 Å².